The van der Waals surface area contributed by atoms with Crippen LogP contribution in [0, 0.1) is 0 Å². The Morgan fingerprint density at radius 1 is 1.44 bits per heavy atom. The van der Waals surface area contributed by atoms with Crippen LogP contribution in [0.3, 0.4) is 0 Å². The molecule has 0 fully saturated rings. The maximum atomic E-state index is 12.0. The van der Waals surface area contributed by atoms with Gasteiger partial charge in [-0.2, -0.15) is 10.2 Å². The third kappa shape index (κ3) is 3.69. The van der Waals surface area contributed by atoms with Gasteiger partial charge >= 0.3 is 0 Å². The quantitative estimate of drug-likeness (QED) is 0.471. The van der Waals surface area contributed by atoms with Gasteiger partial charge in [-0.05, 0) is 31.2 Å². The zero-order valence-electron chi connectivity index (χ0n) is 13.4. The average molecular weight is 340 g/mol. The highest BCUT2D eigenvalue weighted by Crippen LogP contribution is 2.28. The van der Waals surface area contributed by atoms with E-state index in [-0.39, 0.29) is 11.4 Å². The molecule has 0 spiro atoms. The molecule has 0 aliphatic carbocycles. The van der Waals surface area contributed by atoms with Crippen LogP contribution >= 0.6 is 0 Å². The van der Waals surface area contributed by atoms with E-state index in [2.05, 4.69) is 20.7 Å². The number of rotatable bonds is 6. The van der Waals surface area contributed by atoms with Gasteiger partial charge in [0.2, 0.25) is 0 Å². The maximum Gasteiger partial charge on any atom is 0.291 e. The number of aromatic nitrogens is 2. The minimum absolute atomic E-state index is 0.0396. The van der Waals surface area contributed by atoms with Crippen LogP contribution in [0.4, 0.5) is 0 Å². The molecular weight excluding hydrogens is 324 g/mol. The van der Waals surface area contributed by atoms with Crippen LogP contribution in [0.2, 0.25) is 0 Å². The van der Waals surface area contributed by atoms with E-state index in [4.69, 9.17) is 9.15 Å². The van der Waals surface area contributed by atoms with Crippen molar-refractivity contribution in [3.63, 3.8) is 0 Å². The van der Waals surface area contributed by atoms with E-state index in [1.54, 1.807) is 36.4 Å². The number of phenols is 1. The molecular formula is C17H16N4O4. The molecule has 25 heavy (non-hydrogen) atoms. The zero-order valence-corrected chi connectivity index (χ0v) is 13.4. The summed E-state index contributed by atoms with van der Waals surface area (Å²) >= 11 is 0. The Bertz CT molecular complexity index is 884. The number of hydrazone groups is 1. The second kappa shape index (κ2) is 7.35. The van der Waals surface area contributed by atoms with Crippen molar-refractivity contribution >= 4 is 12.1 Å². The van der Waals surface area contributed by atoms with E-state index in [1.807, 2.05) is 6.92 Å². The summed E-state index contributed by atoms with van der Waals surface area (Å²) in [5.41, 5.74) is 3.52. The van der Waals surface area contributed by atoms with E-state index in [0.717, 1.165) is 0 Å². The minimum atomic E-state index is -0.495. The molecule has 0 saturated carbocycles. The van der Waals surface area contributed by atoms with Crippen LogP contribution in [0.1, 0.15) is 23.0 Å². The van der Waals surface area contributed by atoms with Crippen LogP contribution in [0.15, 0.2) is 52.2 Å². The number of hydrogen-bond acceptors (Lipinski definition) is 6. The van der Waals surface area contributed by atoms with Crippen molar-refractivity contribution in [2.45, 2.75) is 6.92 Å². The molecule has 2 aromatic heterocycles. The number of nitrogens with zero attached hydrogens (tertiary/aromatic N) is 2. The molecule has 0 unspecified atom stereocenters. The summed E-state index contributed by atoms with van der Waals surface area (Å²) in [6.07, 6.45) is 2.86. The molecule has 8 nitrogen and oxygen atoms in total. The lowest BCUT2D eigenvalue weighted by Crippen LogP contribution is -2.18. The molecule has 128 valence electrons. The first kappa shape index (κ1) is 16.3. The van der Waals surface area contributed by atoms with E-state index in [0.29, 0.717) is 29.4 Å². The Balaban J connectivity index is 1.66. The number of amides is 1. The van der Waals surface area contributed by atoms with Crippen LogP contribution in [-0.4, -0.2) is 34.0 Å². The van der Waals surface area contributed by atoms with Crippen LogP contribution in [0.5, 0.6) is 11.5 Å². The standard InChI is InChI=1S/C17H16N4O4/c1-2-24-15-6-3-5-11(16(15)22)10-18-21-17(23)13-9-12(19-20-13)14-7-4-8-25-14/h3-10,22H,2H2,1H3,(H,19,20)(H,21,23)/b18-10+. The fraction of sp³-hybridized carbons (Fsp3) is 0.118. The van der Waals surface area contributed by atoms with E-state index < -0.39 is 5.91 Å². The summed E-state index contributed by atoms with van der Waals surface area (Å²) in [7, 11) is 0. The van der Waals surface area contributed by atoms with Gasteiger partial charge in [0.1, 0.15) is 5.69 Å². The third-order valence-electron chi connectivity index (χ3n) is 3.30. The van der Waals surface area contributed by atoms with Crippen molar-refractivity contribution < 1.29 is 19.1 Å². The number of furan rings is 1. The highest BCUT2D eigenvalue weighted by molar-refractivity contribution is 5.94. The first-order chi connectivity index (χ1) is 12.2. The predicted octanol–water partition coefficient (Wildman–Crippen LogP) is 2.54. The molecule has 0 aliphatic heterocycles. The Morgan fingerprint density at radius 2 is 2.32 bits per heavy atom. The molecule has 2 heterocycles. The van der Waals surface area contributed by atoms with Gasteiger partial charge in [-0.1, -0.05) is 6.07 Å². The summed E-state index contributed by atoms with van der Waals surface area (Å²) in [6, 6.07) is 10.1. The van der Waals surface area contributed by atoms with Crippen LogP contribution in [-0.2, 0) is 0 Å². The molecule has 3 N–H and O–H groups in total. The topological polar surface area (TPSA) is 113 Å². The highest BCUT2D eigenvalue weighted by atomic mass is 16.5. The Labute approximate surface area is 143 Å². The monoisotopic (exact) mass is 340 g/mol. The van der Waals surface area contributed by atoms with Crippen molar-refractivity contribution in [1.29, 1.82) is 0 Å². The van der Waals surface area contributed by atoms with Crippen molar-refractivity contribution in [3.05, 3.63) is 53.9 Å². The Kier molecular flexibility index (Phi) is 4.79. The lowest BCUT2D eigenvalue weighted by Gasteiger charge is -2.06. The average Bonchev–Trinajstić information content (AvgIpc) is 3.29. The number of para-hydroxylation sites is 1. The molecule has 1 aromatic carbocycles. The largest absolute Gasteiger partial charge is 0.504 e. The highest BCUT2D eigenvalue weighted by Gasteiger charge is 2.12. The van der Waals surface area contributed by atoms with Gasteiger partial charge < -0.3 is 14.3 Å². The normalized spacial score (nSPS) is 10.9. The Morgan fingerprint density at radius 3 is 3.08 bits per heavy atom. The fourth-order valence-corrected chi connectivity index (χ4v) is 2.13. The number of phenolic OH excluding ortho intramolecular Hbond substituents is 1. The van der Waals surface area contributed by atoms with E-state index in [9.17, 15) is 9.90 Å². The number of carbonyl (C=O) groups excluding carboxylic acids is 1. The van der Waals surface area contributed by atoms with Gasteiger partial charge in [-0.25, -0.2) is 5.43 Å². The van der Waals surface area contributed by atoms with Gasteiger partial charge in [0, 0.05) is 11.6 Å². The number of hydrogen-bond donors (Lipinski definition) is 3. The molecule has 0 bridgehead atoms. The van der Waals surface area contributed by atoms with Crippen molar-refractivity contribution in [2.24, 2.45) is 5.10 Å². The minimum Gasteiger partial charge on any atom is -0.504 e. The van der Waals surface area contributed by atoms with Crippen molar-refractivity contribution in [2.75, 3.05) is 6.61 Å². The summed E-state index contributed by atoms with van der Waals surface area (Å²) in [5.74, 6) is 0.397. The maximum absolute atomic E-state index is 12.0. The molecule has 0 radical (unpaired) electrons. The number of benzene rings is 1. The second-order valence-corrected chi connectivity index (χ2v) is 4.97. The fourth-order valence-electron chi connectivity index (χ4n) is 2.13. The number of carbonyl (C=O) groups is 1. The van der Waals surface area contributed by atoms with Gasteiger partial charge in [0.25, 0.3) is 5.91 Å². The molecule has 3 rings (SSSR count). The van der Waals surface area contributed by atoms with E-state index >= 15 is 0 Å². The lowest BCUT2D eigenvalue weighted by atomic mass is 10.2. The van der Waals surface area contributed by atoms with Crippen LogP contribution in [0.25, 0.3) is 11.5 Å². The first-order valence-corrected chi connectivity index (χ1v) is 7.56. The molecule has 0 saturated heterocycles. The molecule has 1 amide bonds. The van der Waals surface area contributed by atoms with Gasteiger partial charge in [-0.3, -0.25) is 9.89 Å². The summed E-state index contributed by atoms with van der Waals surface area (Å²) < 4.78 is 10.5. The number of aromatic amines is 1. The van der Waals surface area contributed by atoms with Crippen molar-refractivity contribution in [1.82, 2.24) is 15.6 Å². The number of H-pyrrole nitrogens is 1. The SMILES string of the molecule is CCOc1cccc(/C=N/NC(=O)c2cc(-c3ccco3)[nH]n2)c1O. The predicted molar refractivity (Wildman–Crippen MR) is 90.6 cm³/mol. The molecule has 0 aliphatic rings. The Hall–Kier alpha value is -3.55. The number of ether oxygens (including phenoxy) is 1. The third-order valence-corrected chi connectivity index (χ3v) is 3.30. The molecule has 0 atom stereocenters. The summed E-state index contributed by atoms with van der Waals surface area (Å²) in [6.45, 7) is 2.25. The molecule has 8 heteroatoms. The van der Waals surface area contributed by atoms with E-state index in [1.165, 1.54) is 12.5 Å². The zero-order chi connectivity index (χ0) is 17.6. The molecule has 3 aromatic rings. The number of nitrogens with one attached hydrogen (secondary N) is 2. The summed E-state index contributed by atoms with van der Waals surface area (Å²) in [4.78, 5) is 12.0. The number of aromatic hydroxyl groups is 1. The lowest BCUT2D eigenvalue weighted by molar-refractivity contribution is 0.0950. The van der Waals surface area contributed by atoms with Gasteiger partial charge in [0.05, 0.1) is 19.1 Å². The summed E-state index contributed by atoms with van der Waals surface area (Å²) in [5, 5.41) is 20.5. The van der Waals surface area contributed by atoms with Crippen LogP contribution < -0.4 is 10.2 Å². The van der Waals surface area contributed by atoms with Crippen molar-refractivity contribution in [3.8, 4) is 23.0 Å². The smallest absolute Gasteiger partial charge is 0.291 e. The van der Waals surface area contributed by atoms with Gasteiger partial charge in [0.15, 0.2) is 23.0 Å². The first-order valence-electron chi connectivity index (χ1n) is 7.56. The second-order valence-electron chi connectivity index (χ2n) is 4.97. The van der Waals surface area contributed by atoms with Gasteiger partial charge in [-0.15, -0.1) is 0 Å².